The van der Waals surface area contributed by atoms with Crippen molar-refractivity contribution in [3.63, 3.8) is 0 Å². The number of hydrogen-bond acceptors (Lipinski definition) is 2. The minimum atomic E-state index is 0.0789. The highest BCUT2D eigenvalue weighted by atomic mass is 35.5. The molecular formula is C17H17ClO2. The number of benzene rings is 2. The lowest BCUT2D eigenvalue weighted by molar-refractivity contribution is 0.148. The summed E-state index contributed by atoms with van der Waals surface area (Å²) in [6, 6.07) is 14.2. The fourth-order valence-electron chi connectivity index (χ4n) is 2.48. The highest BCUT2D eigenvalue weighted by Crippen LogP contribution is 2.30. The molecule has 3 heteroatoms. The first-order valence-corrected chi connectivity index (χ1v) is 7.32. The van der Waals surface area contributed by atoms with Gasteiger partial charge in [-0.05, 0) is 24.6 Å². The van der Waals surface area contributed by atoms with Gasteiger partial charge in [0.15, 0.2) is 0 Å². The molecule has 1 aliphatic rings. The predicted molar refractivity (Wildman–Crippen MR) is 80.8 cm³/mol. The van der Waals surface area contributed by atoms with Gasteiger partial charge < -0.3 is 9.47 Å². The molecule has 0 radical (unpaired) electrons. The molecule has 2 aromatic carbocycles. The Morgan fingerprint density at radius 2 is 2.10 bits per heavy atom. The summed E-state index contributed by atoms with van der Waals surface area (Å²) in [4.78, 5) is 0. The molecular weight excluding hydrogens is 272 g/mol. The molecule has 1 unspecified atom stereocenters. The molecule has 0 saturated heterocycles. The van der Waals surface area contributed by atoms with Gasteiger partial charge >= 0.3 is 0 Å². The van der Waals surface area contributed by atoms with Gasteiger partial charge in [0.05, 0.1) is 5.88 Å². The second kappa shape index (κ2) is 5.76. The van der Waals surface area contributed by atoms with Gasteiger partial charge in [0.1, 0.15) is 24.2 Å². The van der Waals surface area contributed by atoms with Crippen LogP contribution in [0.2, 0.25) is 0 Å². The molecule has 0 bridgehead atoms. The first-order valence-electron chi connectivity index (χ1n) is 6.79. The maximum absolute atomic E-state index is 5.91. The van der Waals surface area contributed by atoms with Crippen LogP contribution in [-0.4, -0.2) is 12.7 Å². The van der Waals surface area contributed by atoms with E-state index < -0.39 is 0 Å². The van der Waals surface area contributed by atoms with Crippen LogP contribution in [0, 0.1) is 6.92 Å². The average molecular weight is 289 g/mol. The largest absolute Gasteiger partial charge is 0.489 e. The minimum absolute atomic E-state index is 0.0789. The Kier molecular flexibility index (Phi) is 3.83. The lowest BCUT2D eigenvalue weighted by atomic mass is 10.1. The van der Waals surface area contributed by atoms with Gasteiger partial charge in [0, 0.05) is 12.0 Å². The van der Waals surface area contributed by atoms with E-state index in [-0.39, 0.29) is 6.10 Å². The Morgan fingerprint density at radius 3 is 2.95 bits per heavy atom. The maximum atomic E-state index is 5.91. The topological polar surface area (TPSA) is 18.5 Å². The lowest BCUT2D eigenvalue weighted by Crippen LogP contribution is -2.22. The van der Waals surface area contributed by atoms with E-state index in [4.69, 9.17) is 21.1 Å². The summed E-state index contributed by atoms with van der Waals surface area (Å²) >= 11 is 5.91. The highest BCUT2D eigenvalue weighted by Gasteiger charge is 2.23. The Labute approximate surface area is 124 Å². The Balaban J connectivity index is 1.64. The number of fused-ring (bicyclic) bond motifs is 1. The van der Waals surface area contributed by atoms with Crippen LogP contribution in [0.1, 0.15) is 16.7 Å². The van der Waals surface area contributed by atoms with Crippen LogP contribution in [0.15, 0.2) is 42.5 Å². The second-order valence-electron chi connectivity index (χ2n) is 5.11. The zero-order valence-corrected chi connectivity index (χ0v) is 12.2. The molecule has 0 fully saturated rings. The smallest absolute Gasteiger partial charge is 0.137 e. The van der Waals surface area contributed by atoms with E-state index in [2.05, 4.69) is 19.1 Å². The van der Waals surface area contributed by atoms with Crippen LogP contribution in [0.4, 0.5) is 0 Å². The van der Waals surface area contributed by atoms with E-state index in [1.165, 1.54) is 11.1 Å². The molecule has 2 nitrogen and oxygen atoms in total. The summed E-state index contributed by atoms with van der Waals surface area (Å²) < 4.78 is 11.8. The van der Waals surface area contributed by atoms with Gasteiger partial charge in [-0.25, -0.2) is 0 Å². The summed E-state index contributed by atoms with van der Waals surface area (Å²) in [7, 11) is 0. The number of halogens is 1. The summed E-state index contributed by atoms with van der Waals surface area (Å²) in [5.41, 5.74) is 3.55. The summed E-state index contributed by atoms with van der Waals surface area (Å²) in [6.07, 6.45) is 0.982. The van der Waals surface area contributed by atoms with E-state index in [0.29, 0.717) is 12.5 Å². The molecule has 20 heavy (non-hydrogen) atoms. The molecule has 0 aliphatic carbocycles. The molecule has 1 aliphatic heterocycles. The fourth-order valence-corrected chi connectivity index (χ4v) is 2.70. The van der Waals surface area contributed by atoms with Crippen molar-refractivity contribution in [3.05, 3.63) is 59.2 Å². The van der Waals surface area contributed by atoms with Crippen LogP contribution in [0.5, 0.6) is 11.5 Å². The van der Waals surface area contributed by atoms with Gasteiger partial charge in [0.2, 0.25) is 0 Å². The molecule has 0 aromatic heterocycles. The molecule has 2 aromatic rings. The van der Waals surface area contributed by atoms with Gasteiger partial charge in [-0.3, -0.25) is 0 Å². The van der Waals surface area contributed by atoms with Gasteiger partial charge in [-0.1, -0.05) is 35.9 Å². The van der Waals surface area contributed by atoms with Crippen molar-refractivity contribution >= 4 is 11.6 Å². The van der Waals surface area contributed by atoms with Crippen molar-refractivity contribution in [2.24, 2.45) is 0 Å². The molecule has 104 valence electrons. The minimum Gasteiger partial charge on any atom is -0.489 e. The van der Waals surface area contributed by atoms with E-state index in [1.54, 1.807) is 0 Å². The summed E-state index contributed by atoms with van der Waals surface area (Å²) in [6.45, 7) is 2.64. The summed E-state index contributed by atoms with van der Waals surface area (Å²) in [5.74, 6) is 2.29. The van der Waals surface area contributed by atoms with Crippen molar-refractivity contribution in [1.29, 1.82) is 0 Å². The van der Waals surface area contributed by atoms with E-state index in [1.807, 2.05) is 30.3 Å². The van der Waals surface area contributed by atoms with Crippen molar-refractivity contribution in [2.75, 3.05) is 6.61 Å². The first-order chi connectivity index (χ1) is 9.76. The molecule has 3 rings (SSSR count). The van der Waals surface area contributed by atoms with Gasteiger partial charge in [-0.2, -0.15) is 0 Å². The molecule has 0 spiro atoms. The molecule has 0 saturated carbocycles. The monoisotopic (exact) mass is 288 g/mol. The number of ether oxygens (including phenoxy) is 2. The van der Waals surface area contributed by atoms with Crippen LogP contribution in [0.25, 0.3) is 0 Å². The third kappa shape index (κ3) is 2.75. The molecule has 0 N–H and O–H groups in total. The van der Waals surface area contributed by atoms with Crippen molar-refractivity contribution in [3.8, 4) is 11.5 Å². The number of rotatable bonds is 4. The van der Waals surface area contributed by atoms with Crippen molar-refractivity contribution < 1.29 is 9.47 Å². The zero-order chi connectivity index (χ0) is 13.9. The van der Waals surface area contributed by atoms with Crippen molar-refractivity contribution in [1.82, 2.24) is 0 Å². The number of hydrogen-bond donors (Lipinski definition) is 0. The van der Waals surface area contributed by atoms with Crippen LogP contribution in [-0.2, 0) is 12.3 Å². The predicted octanol–water partition coefficient (Wildman–Crippen LogP) is 4.12. The Morgan fingerprint density at radius 1 is 1.25 bits per heavy atom. The molecule has 0 amide bonds. The lowest BCUT2D eigenvalue weighted by Gasteiger charge is -2.14. The van der Waals surface area contributed by atoms with E-state index in [0.717, 1.165) is 23.5 Å². The standard InChI is InChI=1S/C17H17ClO2/c1-12-6-7-17-14(8-12)9-15(20-17)11-19-16-5-3-2-4-13(16)10-18/h2-8,15H,9-11H2,1H3. The molecule has 1 heterocycles. The number of aryl methyl sites for hydroxylation is 1. The van der Waals surface area contributed by atoms with Crippen LogP contribution >= 0.6 is 11.6 Å². The van der Waals surface area contributed by atoms with Gasteiger partial charge in [0.25, 0.3) is 0 Å². The summed E-state index contributed by atoms with van der Waals surface area (Å²) in [5, 5.41) is 0. The second-order valence-corrected chi connectivity index (χ2v) is 5.37. The van der Waals surface area contributed by atoms with Crippen LogP contribution < -0.4 is 9.47 Å². The SMILES string of the molecule is Cc1ccc2c(c1)CC(COc1ccccc1CCl)O2. The highest BCUT2D eigenvalue weighted by molar-refractivity contribution is 6.17. The maximum Gasteiger partial charge on any atom is 0.137 e. The Hall–Kier alpha value is -1.67. The number of alkyl halides is 1. The zero-order valence-electron chi connectivity index (χ0n) is 11.4. The number of para-hydroxylation sites is 1. The van der Waals surface area contributed by atoms with Gasteiger partial charge in [-0.15, -0.1) is 11.6 Å². The molecule has 1 atom stereocenters. The van der Waals surface area contributed by atoms with Crippen molar-refractivity contribution in [2.45, 2.75) is 25.3 Å². The third-order valence-corrected chi connectivity index (χ3v) is 3.79. The quantitative estimate of drug-likeness (QED) is 0.788. The fraction of sp³-hybridized carbons (Fsp3) is 0.294. The van der Waals surface area contributed by atoms with Crippen LogP contribution in [0.3, 0.4) is 0 Å². The first kappa shape index (κ1) is 13.3. The normalized spacial score (nSPS) is 16.6. The third-order valence-electron chi connectivity index (χ3n) is 3.50. The van der Waals surface area contributed by atoms with E-state index in [9.17, 15) is 0 Å². The average Bonchev–Trinajstić information content (AvgIpc) is 2.87. The van der Waals surface area contributed by atoms with E-state index >= 15 is 0 Å². The Bertz CT molecular complexity index is 610.